The largest absolute Gasteiger partial charge is 0.400 e. The molecule has 0 aromatic carbocycles. The maximum Gasteiger partial charge on any atom is 0.400 e. The van der Waals surface area contributed by atoms with Gasteiger partial charge >= 0.3 is 10.4 Å². The third-order valence-electron chi connectivity index (χ3n) is 4.59. The highest BCUT2D eigenvalue weighted by atomic mass is 32.3. The molecule has 9 heteroatoms. The molecule has 2 rings (SSSR count). The number of fused-ring (bicyclic) bond motifs is 1. The molecule has 2 saturated heterocycles. The smallest absolute Gasteiger partial charge is 0.372 e. The zero-order chi connectivity index (χ0) is 19.7. The Morgan fingerprint density at radius 3 is 2.00 bits per heavy atom. The summed E-state index contributed by atoms with van der Waals surface area (Å²) in [5.41, 5.74) is 0. The van der Waals surface area contributed by atoms with Crippen molar-refractivity contribution in [3.8, 4) is 0 Å². The first-order valence-electron chi connectivity index (χ1n) is 10.1. The third kappa shape index (κ3) is 6.92. The van der Waals surface area contributed by atoms with Crippen molar-refractivity contribution in [1.29, 1.82) is 0 Å². The minimum atomic E-state index is -4.06. The average Bonchev–Trinajstić information content (AvgIpc) is 2.63. The molecule has 0 spiro atoms. The molecule has 5 atom stereocenters. The average molecular weight is 411 g/mol. The maximum absolute atomic E-state index is 11.8. The lowest BCUT2D eigenvalue weighted by Crippen LogP contribution is -2.64. The normalized spacial score (nSPS) is 32.9. The monoisotopic (exact) mass is 410 g/mol. The molecule has 0 radical (unpaired) electrons. The minimum Gasteiger partial charge on any atom is -0.372 e. The van der Waals surface area contributed by atoms with Crippen LogP contribution in [0.2, 0.25) is 0 Å². The molecule has 0 aromatic rings. The summed E-state index contributed by atoms with van der Waals surface area (Å²) in [5.74, 6) is 0. The van der Waals surface area contributed by atoms with Crippen LogP contribution in [0.1, 0.15) is 59.3 Å². The Kier molecular flexibility index (Phi) is 9.92. The molecule has 27 heavy (non-hydrogen) atoms. The van der Waals surface area contributed by atoms with E-state index in [0.29, 0.717) is 19.8 Å². The molecule has 0 aromatic heterocycles. The van der Waals surface area contributed by atoms with E-state index in [1.807, 2.05) is 0 Å². The lowest BCUT2D eigenvalue weighted by atomic mass is 9.98. The van der Waals surface area contributed by atoms with Crippen LogP contribution in [-0.2, 0) is 37.7 Å². The van der Waals surface area contributed by atoms with Crippen LogP contribution in [-0.4, -0.2) is 65.6 Å². The lowest BCUT2D eigenvalue weighted by molar-refractivity contribution is -0.317. The molecular formula is C18H34O8S. The van der Waals surface area contributed by atoms with Gasteiger partial charge in [-0.3, -0.25) is 0 Å². The number of hydrogen-bond acceptors (Lipinski definition) is 8. The third-order valence-corrected chi connectivity index (χ3v) is 5.48. The van der Waals surface area contributed by atoms with Crippen molar-refractivity contribution >= 4 is 10.4 Å². The molecule has 2 fully saturated rings. The van der Waals surface area contributed by atoms with Gasteiger partial charge in [0.05, 0.1) is 6.61 Å². The van der Waals surface area contributed by atoms with Gasteiger partial charge in [-0.15, -0.1) is 0 Å². The van der Waals surface area contributed by atoms with Crippen molar-refractivity contribution in [2.24, 2.45) is 0 Å². The van der Waals surface area contributed by atoms with E-state index in [4.69, 9.17) is 27.3 Å². The summed E-state index contributed by atoms with van der Waals surface area (Å²) in [7, 11) is -4.06. The second kappa shape index (κ2) is 11.6. The summed E-state index contributed by atoms with van der Waals surface area (Å²) in [6.45, 7) is 7.66. The fraction of sp³-hybridized carbons (Fsp3) is 1.00. The van der Waals surface area contributed by atoms with Gasteiger partial charge in [-0.25, -0.2) is 8.37 Å². The fourth-order valence-electron chi connectivity index (χ4n) is 3.01. The highest BCUT2D eigenvalue weighted by Gasteiger charge is 2.53. The SMILES string of the molecule is CCCCO[C@@H]1O[C@@H]2COS(=O)(=O)O[C@@H]2[C@H](OCCCC)[C@H]1OCCCC. The summed E-state index contributed by atoms with van der Waals surface area (Å²) in [6, 6.07) is 0. The fourth-order valence-corrected chi connectivity index (χ4v) is 3.88. The van der Waals surface area contributed by atoms with Crippen molar-refractivity contribution in [2.45, 2.75) is 90.0 Å². The summed E-state index contributed by atoms with van der Waals surface area (Å²) < 4.78 is 57.6. The minimum absolute atomic E-state index is 0.115. The molecule has 8 nitrogen and oxygen atoms in total. The maximum atomic E-state index is 11.8. The van der Waals surface area contributed by atoms with Gasteiger partial charge < -0.3 is 18.9 Å². The Hall–Kier alpha value is -0.290. The van der Waals surface area contributed by atoms with Gasteiger partial charge in [0.1, 0.15) is 24.4 Å². The Morgan fingerprint density at radius 2 is 1.41 bits per heavy atom. The molecule has 2 aliphatic rings. The van der Waals surface area contributed by atoms with E-state index in [-0.39, 0.29) is 6.61 Å². The van der Waals surface area contributed by atoms with Crippen LogP contribution in [0, 0.1) is 0 Å². The first kappa shape index (κ1) is 23.0. The van der Waals surface area contributed by atoms with Crippen LogP contribution in [0.15, 0.2) is 0 Å². The van der Waals surface area contributed by atoms with E-state index in [1.54, 1.807) is 0 Å². The Balaban J connectivity index is 2.16. The number of unbranched alkanes of at least 4 members (excludes halogenated alkanes) is 3. The van der Waals surface area contributed by atoms with Crippen molar-refractivity contribution in [3.05, 3.63) is 0 Å². The van der Waals surface area contributed by atoms with E-state index < -0.39 is 41.1 Å². The quantitative estimate of drug-likeness (QED) is 0.454. The zero-order valence-corrected chi connectivity index (χ0v) is 17.4. The van der Waals surface area contributed by atoms with Crippen LogP contribution in [0.4, 0.5) is 0 Å². The van der Waals surface area contributed by atoms with Gasteiger partial charge in [-0.1, -0.05) is 40.0 Å². The summed E-state index contributed by atoms with van der Waals surface area (Å²) >= 11 is 0. The first-order chi connectivity index (χ1) is 13.0. The number of rotatable bonds is 12. The second-order valence-corrected chi connectivity index (χ2v) is 8.14. The molecule has 0 saturated carbocycles. The zero-order valence-electron chi connectivity index (χ0n) is 16.6. The van der Waals surface area contributed by atoms with E-state index in [0.717, 1.165) is 38.5 Å². The van der Waals surface area contributed by atoms with Crippen molar-refractivity contribution in [1.82, 2.24) is 0 Å². The molecular weight excluding hydrogens is 376 g/mol. The summed E-state index contributed by atoms with van der Waals surface area (Å²) in [4.78, 5) is 0. The van der Waals surface area contributed by atoms with E-state index >= 15 is 0 Å². The molecule has 0 aliphatic carbocycles. The van der Waals surface area contributed by atoms with Gasteiger partial charge in [0.15, 0.2) is 6.29 Å². The van der Waals surface area contributed by atoms with Crippen LogP contribution >= 0.6 is 0 Å². The molecule has 160 valence electrons. The Morgan fingerprint density at radius 1 is 0.852 bits per heavy atom. The van der Waals surface area contributed by atoms with Crippen LogP contribution in [0.5, 0.6) is 0 Å². The van der Waals surface area contributed by atoms with E-state index in [1.165, 1.54) is 0 Å². The van der Waals surface area contributed by atoms with Gasteiger partial charge in [0, 0.05) is 19.8 Å². The topological polar surface area (TPSA) is 89.5 Å². The molecule has 2 aliphatic heterocycles. The van der Waals surface area contributed by atoms with Crippen LogP contribution in [0.3, 0.4) is 0 Å². The van der Waals surface area contributed by atoms with E-state index in [2.05, 4.69) is 20.8 Å². The predicted octanol–water partition coefficient (Wildman–Crippen LogP) is 2.56. The molecule has 0 bridgehead atoms. The first-order valence-corrected chi connectivity index (χ1v) is 11.4. The molecule has 0 N–H and O–H groups in total. The van der Waals surface area contributed by atoms with Crippen molar-refractivity contribution < 1.29 is 35.7 Å². The van der Waals surface area contributed by atoms with Gasteiger partial charge in [0.2, 0.25) is 0 Å². The predicted molar refractivity (Wildman–Crippen MR) is 98.6 cm³/mol. The van der Waals surface area contributed by atoms with Gasteiger partial charge in [-0.2, -0.15) is 8.42 Å². The lowest BCUT2D eigenvalue weighted by Gasteiger charge is -2.46. The van der Waals surface area contributed by atoms with Gasteiger partial charge in [0.25, 0.3) is 0 Å². The molecule has 2 heterocycles. The van der Waals surface area contributed by atoms with Crippen molar-refractivity contribution in [2.75, 3.05) is 26.4 Å². The summed E-state index contributed by atoms with van der Waals surface area (Å²) in [5, 5.41) is 0. The van der Waals surface area contributed by atoms with Gasteiger partial charge in [-0.05, 0) is 19.3 Å². The Bertz CT molecular complexity index is 511. The highest BCUT2D eigenvalue weighted by molar-refractivity contribution is 7.81. The van der Waals surface area contributed by atoms with Crippen LogP contribution in [0.25, 0.3) is 0 Å². The van der Waals surface area contributed by atoms with Crippen molar-refractivity contribution in [3.63, 3.8) is 0 Å². The molecule has 0 amide bonds. The second-order valence-electron chi connectivity index (χ2n) is 6.90. The number of ether oxygens (including phenoxy) is 4. The Labute approximate surface area is 163 Å². The van der Waals surface area contributed by atoms with Crippen LogP contribution < -0.4 is 0 Å². The molecule has 0 unspecified atom stereocenters. The highest BCUT2D eigenvalue weighted by Crippen LogP contribution is 2.33. The standard InChI is InChI=1S/C18H34O8S/c1-4-7-10-21-16-15-14(13-24-27(19,20)26-15)25-18(23-12-9-6-3)17(16)22-11-8-5-2/h14-18H,4-13H2,1-3H3/t14-,15+,16+,17-,18-/m1/s1. The summed E-state index contributed by atoms with van der Waals surface area (Å²) in [6.07, 6.45) is 2.41. The number of hydrogen-bond donors (Lipinski definition) is 0. The van der Waals surface area contributed by atoms with E-state index in [9.17, 15) is 8.42 Å².